The fourth-order valence-electron chi connectivity index (χ4n) is 4.08. The number of carboxylic acid groups (broad SMARTS) is 1. The van der Waals surface area contributed by atoms with Crippen LogP contribution in [-0.2, 0) is 14.3 Å². The van der Waals surface area contributed by atoms with Crippen molar-refractivity contribution in [3.05, 3.63) is 58.5 Å². The van der Waals surface area contributed by atoms with E-state index in [4.69, 9.17) is 14.3 Å². The van der Waals surface area contributed by atoms with Gasteiger partial charge in [0.05, 0.1) is 12.2 Å². The first-order chi connectivity index (χ1) is 16.9. The monoisotopic (exact) mass is 482 g/mol. The van der Waals surface area contributed by atoms with Crippen LogP contribution in [0.4, 0.5) is 0 Å². The summed E-state index contributed by atoms with van der Waals surface area (Å²) in [5.74, 6) is -3.29. The van der Waals surface area contributed by atoms with Gasteiger partial charge in [-0.05, 0) is 18.9 Å². The zero-order valence-electron chi connectivity index (χ0n) is 19.7. The second kappa shape index (κ2) is 12.8. The van der Waals surface area contributed by atoms with Crippen molar-refractivity contribution in [2.45, 2.75) is 70.6 Å². The van der Waals surface area contributed by atoms with E-state index < -0.39 is 35.7 Å². The maximum atomic E-state index is 12.6. The number of furan rings is 1. The number of Topliss-reactive ketones (excluding diaryl/α,β-unsaturated/α-hetero) is 1. The van der Waals surface area contributed by atoms with E-state index in [1.807, 2.05) is 0 Å². The highest BCUT2D eigenvalue weighted by atomic mass is 16.5. The van der Waals surface area contributed by atoms with Crippen LogP contribution in [-0.4, -0.2) is 41.0 Å². The molecule has 0 unspecified atom stereocenters. The zero-order valence-corrected chi connectivity index (χ0v) is 19.7. The average Bonchev–Trinajstić information content (AvgIpc) is 3.29. The molecule has 1 aromatic heterocycles. The summed E-state index contributed by atoms with van der Waals surface area (Å²) in [7, 11) is 0. The van der Waals surface area contributed by atoms with E-state index in [0.29, 0.717) is 6.42 Å². The maximum absolute atomic E-state index is 12.6. The Labute approximate surface area is 203 Å². The first-order valence-electron chi connectivity index (χ1n) is 12.1. The molecule has 0 bridgehead atoms. The third-order valence-corrected chi connectivity index (χ3v) is 5.98. The Morgan fingerprint density at radius 1 is 0.771 bits per heavy atom. The molecule has 2 aromatic rings. The Morgan fingerprint density at radius 3 is 1.97 bits per heavy atom. The van der Waals surface area contributed by atoms with Gasteiger partial charge in [0.15, 0.2) is 17.3 Å². The third kappa shape index (κ3) is 7.21. The number of carbonyl (C=O) groups excluding carboxylic acids is 4. The summed E-state index contributed by atoms with van der Waals surface area (Å²) in [5, 5.41) is 8.59. The lowest BCUT2D eigenvalue weighted by Gasteiger charge is -2.11. The van der Waals surface area contributed by atoms with Crippen molar-refractivity contribution < 1.29 is 38.2 Å². The summed E-state index contributed by atoms with van der Waals surface area (Å²) in [4.78, 5) is 60.1. The van der Waals surface area contributed by atoms with Crippen molar-refractivity contribution in [2.75, 3.05) is 6.61 Å². The van der Waals surface area contributed by atoms with Crippen molar-refractivity contribution in [1.82, 2.24) is 0 Å². The SMILES string of the molecule is O=C(O)CCCCCCCCCCCOC(=O)CC(=O)c1cc2c(o1)C(=O)c1ccccc1C2=O. The minimum atomic E-state index is -0.742. The molecule has 1 N–H and O–H groups in total. The van der Waals surface area contributed by atoms with Gasteiger partial charge in [-0.25, -0.2) is 0 Å². The van der Waals surface area contributed by atoms with Crippen LogP contribution in [0, 0.1) is 0 Å². The van der Waals surface area contributed by atoms with Crippen LogP contribution in [0.25, 0.3) is 0 Å². The molecular formula is C27H30O8. The maximum Gasteiger partial charge on any atom is 0.313 e. The minimum absolute atomic E-state index is 0.0330. The molecule has 1 aliphatic rings. The van der Waals surface area contributed by atoms with Crippen molar-refractivity contribution in [3.63, 3.8) is 0 Å². The first kappa shape index (κ1) is 26.1. The van der Waals surface area contributed by atoms with Gasteiger partial charge in [0.2, 0.25) is 11.6 Å². The minimum Gasteiger partial charge on any atom is -0.481 e. The van der Waals surface area contributed by atoms with Crippen LogP contribution in [0.1, 0.15) is 113 Å². The van der Waals surface area contributed by atoms with Crippen LogP contribution in [0.15, 0.2) is 34.7 Å². The number of hydrogen-bond donors (Lipinski definition) is 1. The Bertz CT molecular complexity index is 1040. The predicted octanol–water partition coefficient (Wildman–Crippen LogP) is 5.16. The Hall–Kier alpha value is -3.55. The summed E-state index contributed by atoms with van der Waals surface area (Å²) in [5.41, 5.74) is 0.527. The van der Waals surface area contributed by atoms with E-state index in [-0.39, 0.29) is 41.2 Å². The normalized spacial score (nSPS) is 12.2. The number of ether oxygens (including phenoxy) is 1. The molecular weight excluding hydrogens is 452 g/mol. The lowest BCUT2D eigenvalue weighted by atomic mass is 9.88. The second-order valence-corrected chi connectivity index (χ2v) is 8.70. The summed E-state index contributed by atoms with van der Waals surface area (Å²) in [6, 6.07) is 7.62. The van der Waals surface area contributed by atoms with Crippen LogP contribution >= 0.6 is 0 Å². The Morgan fingerprint density at radius 2 is 1.34 bits per heavy atom. The van der Waals surface area contributed by atoms with Crippen LogP contribution in [0.5, 0.6) is 0 Å². The molecule has 1 aromatic carbocycles. The van der Waals surface area contributed by atoms with Crippen LogP contribution in [0.3, 0.4) is 0 Å². The predicted molar refractivity (Wildman–Crippen MR) is 126 cm³/mol. The molecule has 0 fully saturated rings. The molecule has 3 rings (SSSR count). The molecule has 1 heterocycles. The van der Waals surface area contributed by atoms with Gasteiger partial charge < -0.3 is 14.3 Å². The largest absolute Gasteiger partial charge is 0.481 e. The lowest BCUT2D eigenvalue weighted by Crippen LogP contribution is -2.18. The van der Waals surface area contributed by atoms with Gasteiger partial charge in [-0.3, -0.25) is 24.0 Å². The summed E-state index contributed by atoms with van der Waals surface area (Å²) >= 11 is 0. The van der Waals surface area contributed by atoms with Crippen LogP contribution < -0.4 is 0 Å². The number of carboxylic acids is 1. The number of carbonyl (C=O) groups is 5. The molecule has 0 amide bonds. The van der Waals surface area contributed by atoms with Crippen molar-refractivity contribution in [3.8, 4) is 0 Å². The van der Waals surface area contributed by atoms with Crippen molar-refractivity contribution in [1.29, 1.82) is 0 Å². The van der Waals surface area contributed by atoms with Crippen molar-refractivity contribution in [2.24, 2.45) is 0 Å². The summed E-state index contributed by atoms with van der Waals surface area (Å²) < 4.78 is 10.5. The standard InChI is InChI=1S/C27H30O8/c28-21(17-24(31)34-15-11-7-5-3-1-2-4-6-8-14-23(29)30)22-16-20-25(32)18-12-9-10-13-19(18)26(33)27(20)35-22/h9-10,12-13,16H,1-8,11,14-15,17H2,(H,29,30). The fourth-order valence-corrected chi connectivity index (χ4v) is 4.08. The van der Waals surface area contributed by atoms with Crippen LogP contribution in [0.2, 0.25) is 0 Å². The molecule has 186 valence electrons. The third-order valence-electron chi connectivity index (χ3n) is 5.98. The fraction of sp³-hybridized carbons (Fsp3) is 0.444. The molecule has 0 saturated carbocycles. The topological polar surface area (TPSA) is 128 Å². The molecule has 8 heteroatoms. The van der Waals surface area contributed by atoms with Gasteiger partial charge in [-0.2, -0.15) is 0 Å². The smallest absolute Gasteiger partial charge is 0.313 e. The number of hydrogen-bond acceptors (Lipinski definition) is 7. The zero-order chi connectivity index (χ0) is 25.2. The number of fused-ring (bicyclic) bond motifs is 2. The number of rotatable bonds is 15. The molecule has 8 nitrogen and oxygen atoms in total. The van der Waals surface area contributed by atoms with Gasteiger partial charge in [-0.15, -0.1) is 0 Å². The number of benzene rings is 1. The number of esters is 1. The quantitative estimate of drug-likeness (QED) is 0.136. The highest BCUT2D eigenvalue weighted by molar-refractivity contribution is 6.28. The van der Waals surface area contributed by atoms with E-state index in [9.17, 15) is 24.0 Å². The number of aliphatic carboxylic acids is 1. The van der Waals surface area contributed by atoms with E-state index in [1.165, 1.54) is 12.1 Å². The molecule has 0 aliphatic heterocycles. The number of ketones is 3. The molecule has 0 radical (unpaired) electrons. The van der Waals surface area contributed by atoms with Crippen molar-refractivity contribution >= 4 is 29.3 Å². The lowest BCUT2D eigenvalue weighted by molar-refractivity contribution is -0.142. The Balaban J connectivity index is 1.32. The van der Waals surface area contributed by atoms with Gasteiger partial charge in [0.25, 0.3) is 0 Å². The molecule has 0 spiro atoms. The molecule has 1 aliphatic carbocycles. The first-order valence-corrected chi connectivity index (χ1v) is 12.1. The Kier molecular flexibility index (Phi) is 9.52. The summed E-state index contributed by atoms with van der Waals surface area (Å²) in [6.07, 6.45) is 8.35. The van der Waals surface area contributed by atoms with Gasteiger partial charge in [0.1, 0.15) is 6.42 Å². The highest BCUT2D eigenvalue weighted by Gasteiger charge is 2.34. The van der Waals surface area contributed by atoms with E-state index in [2.05, 4.69) is 0 Å². The molecule has 35 heavy (non-hydrogen) atoms. The summed E-state index contributed by atoms with van der Waals surface area (Å²) in [6.45, 7) is 0.224. The number of unbranched alkanes of at least 4 members (excludes halogenated alkanes) is 8. The van der Waals surface area contributed by atoms with Gasteiger partial charge in [-0.1, -0.05) is 69.2 Å². The van der Waals surface area contributed by atoms with E-state index >= 15 is 0 Å². The molecule has 0 saturated heterocycles. The average molecular weight is 483 g/mol. The van der Waals surface area contributed by atoms with Gasteiger partial charge in [0, 0.05) is 17.5 Å². The van der Waals surface area contributed by atoms with E-state index in [1.54, 1.807) is 18.2 Å². The van der Waals surface area contributed by atoms with Gasteiger partial charge >= 0.3 is 11.9 Å². The highest BCUT2D eigenvalue weighted by Crippen LogP contribution is 2.30. The molecule has 0 atom stereocenters. The van der Waals surface area contributed by atoms with E-state index in [0.717, 1.165) is 51.4 Å². The second-order valence-electron chi connectivity index (χ2n) is 8.70.